The summed E-state index contributed by atoms with van der Waals surface area (Å²) >= 11 is 0. The minimum Gasteiger partial charge on any atom is -0.360 e. The lowest BCUT2D eigenvalue weighted by Crippen LogP contribution is -1.99. The fraction of sp³-hybridized carbons (Fsp3) is 0.429. The summed E-state index contributed by atoms with van der Waals surface area (Å²) < 4.78 is 4.88. The van der Waals surface area contributed by atoms with E-state index in [4.69, 9.17) is 9.78 Å². The highest BCUT2D eigenvalue weighted by molar-refractivity contribution is 5.30. The first-order valence-corrected chi connectivity index (χ1v) is 3.20. The van der Waals surface area contributed by atoms with Crippen LogP contribution in [0, 0.1) is 11.3 Å². The fourth-order valence-electron chi connectivity index (χ4n) is 1.00. The first-order chi connectivity index (χ1) is 4.87. The molecule has 0 bridgehead atoms. The molecule has 0 aliphatic heterocycles. The second kappa shape index (κ2) is 1.60. The Hall–Kier alpha value is -1.30. The van der Waals surface area contributed by atoms with Gasteiger partial charge in [-0.25, -0.2) is 0 Å². The van der Waals surface area contributed by atoms with E-state index in [9.17, 15) is 0 Å². The van der Waals surface area contributed by atoms with Gasteiger partial charge in [-0.05, 0) is 12.8 Å². The van der Waals surface area contributed by atoms with Crippen LogP contribution in [0.1, 0.15) is 18.6 Å². The minimum absolute atomic E-state index is 0.309. The normalized spacial score (nSPS) is 19.9. The molecule has 0 unspecified atom stereocenters. The lowest BCUT2D eigenvalue weighted by Gasteiger charge is -1.94. The van der Waals surface area contributed by atoms with E-state index in [-0.39, 0.29) is 5.41 Å². The Kier molecular flexibility index (Phi) is 0.877. The summed E-state index contributed by atoms with van der Waals surface area (Å²) in [7, 11) is 0. The van der Waals surface area contributed by atoms with E-state index >= 15 is 0 Å². The standard InChI is InChI=1S/C7H6N2O/c8-5-7(2-3-7)6-1-4-9-10-6/h1,4H,2-3H2. The Morgan fingerprint density at radius 1 is 1.70 bits per heavy atom. The number of nitrogens with zero attached hydrogens (tertiary/aromatic N) is 2. The Morgan fingerprint density at radius 3 is 2.90 bits per heavy atom. The highest BCUT2D eigenvalue weighted by atomic mass is 16.5. The fourth-order valence-corrected chi connectivity index (χ4v) is 1.00. The third kappa shape index (κ3) is 0.561. The van der Waals surface area contributed by atoms with Gasteiger partial charge < -0.3 is 4.52 Å². The lowest BCUT2D eigenvalue weighted by molar-refractivity contribution is 0.370. The summed E-state index contributed by atoms with van der Waals surface area (Å²) in [6.07, 6.45) is 3.41. The van der Waals surface area contributed by atoms with Gasteiger partial charge in [0, 0.05) is 6.07 Å². The van der Waals surface area contributed by atoms with E-state index < -0.39 is 0 Å². The second-order valence-corrected chi connectivity index (χ2v) is 2.57. The van der Waals surface area contributed by atoms with Gasteiger partial charge in [-0.3, -0.25) is 0 Å². The average molecular weight is 134 g/mol. The van der Waals surface area contributed by atoms with Crippen molar-refractivity contribution >= 4 is 0 Å². The molecular weight excluding hydrogens is 128 g/mol. The molecule has 0 amide bonds. The summed E-state index contributed by atoms with van der Waals surface area (Å²) in [6.45, 7) is 0. The maximum atomic E-state index is 8.69. The van der Waals surface area contributed by atoms with Gasteiger partial charge in [0.25, 0.3) is 0 Å². The molecule has 3 nitrogen and oxygen atoms in total. The van der Waals surface area contributed by atoms with Gasteiger partial charge in [-0.2, -0.15) is 5.26 Å². The molecule has 0 spiro atoms. The Labute approximate surface area is 58.2 Å². The van der Waals surface area contributed by atoms with Gasteiger partial charge in [0.1, 0.15) is 5.41 Å². The van der Waals surface area contributed by atoms with E-state index in [1.54, 1.807) is 12.3 Å². The van der Waals surface area contributed by atoms with Crippen LogP contribution in [0.3, 0.4) is 0 Å². The van der Waals surface area contributed by atoms with Crippen LogP contribution in [0.4, 0.5) is 0 Å². The number of aromatic nitrogens is 1. The molecule has 50 valence electrons. The molecule has 0 N–H and O–H groups in total. The molecule has 1 aromatic rings. The number of hydrogen-bond acceptors (Lipinski definition) is 3. The zero-order valence-corrected chi connectivity index (χ0v) is 5.37. The molecule has 3 heteroatoms. The molecule has 1 aliphatic carbocycles. The van der Waals surface area contributed by atoms with Crippen LogP contribution in [0.15, 0.2) is 16.8 Å². The maximum Gasteiger partial charge on any atom is 0.156 e. The van der Waals surface area contributed by atoms with Crippen molar-refractivity contribution in [2.45, 2.75) is 18.3 Å². The number of rotatable bonds is 1. The third-order valence-electron chi connectivity index (χ3n) is 1.87. The molecule has 1 heterocycles. The van der Waals surface area contributed by atoms with Crippen molar-refractivity contribution in [2.75, 3.05) is 0 Å². The van der Waals surface area contributed by atoms with E-state index in [0.29, 0.717) is 0 Å². The molecule has 0 atom stereocenters. The molecule has 2 rings (SSSR count). The maximum absolute atomic E-state index is 8.69. The van der Waals surface area contributed by atoms with E-state index in [1.165, 1.54) is 0 Å². The minimum atomic E-state index is -0.309. The number of nitriles is 1. The summed E-state index contributed by atoms with van der Waals surface area (Å²) in [5.41, 5.74) is -0.309. The van der Waals surface area contributed by atoms with Crippen LogP contribution in [0.2, 0.25) is 0 Å². The molecule has 10 heavy (non-hydrogen) atoms. The largest absolute Gasteiger partial charge is 0.360 e. The lowest BCUT2D eigenvalue weighted by atomic mass is 10.1. The predicted octanol–water partition coefficient (Wildman–Crippen LogP) is 1.23. The summed E-state index contributed by atoms with van der Waals surface area (Å²) in [6, 6.07) is 3.98. The van der Waals surface area contributed by atoms with Gasteiger partial charge in [0.15, 0.2) is 5.76 Å². The quantitative estimate of drug-likeness (QED) is 0.580. The van der Waals surface area contributed by atoms with Crippen LogP contribution in [-0.4, -0.2) is 5.16 Å². The number of hydrogen-bond donors (Lipinski definition) is 0. The van der Waals surface area contributed by atoms with Crippen LogP contribution in [0.25, 0.3) is 0 Å². The first-order valence-electron chi connectivity index (χ1n) is 3.20. The molecular formula is C7H6N2O. The van der Waals surface area contributed by atoms with Crippen LogP contribution >= 0.6 is 0 Å². The highest BCUT2D eigenvalue weighted by Gasteiger charge is 2.48. The smallest absolute Gasteiger partial charge is 0.156 e. The molecule has 1 aromatic heterocycles. The van der Waals surface area contributed by atoms with Crippen molar-refractivity contribution < 1.29 is 4.52 Å². The van der Waals surface area contributed by atoms with Crippen LogP contribution in [-0.2, 0) is 5.41 Å². The third-order valence-corrected chi connectivity index (χ3v) is 1.87. The molecule has 0 radical (unpaired) electrons. The average Bonchev–Trinajstić information content (AvgIpc) is 2.58. The Balaban J connectivity index is 2.38. The van der Waals surface area contributed by atoms with Crippen molar-refractivity contribution in [3.05, 3.63) is 18.0 Å². The van der Waals surface area contributed by atoms with E-state index in [0.717, 1.165) is 18.6 Å². The van der Waals surface area contributed by atoms with Crippen molar-refractivity contribution in [3.8, 4) is 6.07 Å². The van der Waals surface area contributed by atoms with E-state index in [2.05, 4.69) is 11.2 Å². The molecule has 1 aliphatic rings. The second-order valence-electron chi connectivity index (χ2n) is 2.57. The monoisotopic (exact) mass is 134 g/mol. The van der Waals surface area contributed by atoms with Crippen molar-refractivity contribution in [2.24, 2.45) is 0 Å². The summed E-state index contributed by atoms with van der Waals surface area (Å²) in [5.74, 6) is 0.718. The molecule has 1 fully saturated rings. The van der Waals surface area contributed by atoms with Gasteiger partial charge in [-0.15, -0.1) is 0 Å². The van der Waals surface area contributed by atoms with E-state index in [1.807, 2.05) is 0 Å². The summed E-state index contributed by atoms with van der Waals surface area (Å²) in [5, 5.41) is 12.2. The van der Waals surface area contributed by atoms with Crippen LogP contribution in [0.5, 0.6) is 0 Å². The SMILES string of the molecule is N#CC1(c2ccno2)CC1. The molecule has 1 saturated carbocycles. The predicted molar refractivity (Wildman–Crippen MR) is 33.0 cm³/mol. The Bertz CT molecular complexity index is 266. The first kappa shape index (κ1) is 5.48. The van der Waals surface area contributed by atoms with Crippen molar-refractivity contribution in [3.63, 3.8) is 0 Å². The zero-order chi connectivity index (χ0) is 7.03. The Morgan fingerprint density at radius 2 is 2.50 bits per heavy atom. The summed E-state index contributed by atoms with van der Waals surface area (Å²) in [4.78, 5) is 0. The van der Waals surface area contributed by atoms with Crippen molar-refractivity contribution in [1.29, 1.82) is 5.26 Å². The highest BCUT2D eigenvalue weighted by Crippen LogP contribution is 2.47. The van der Waals surface area contributed by atoms with Gasteiger partial charge in [0.2, 0.25) is 0 Å². The van der Waals surface area contributed by atoms with Gasteiger partial charge in [-0.1, -0.05) is 5.16 Å². The molecule has 0 aromatic carbocycles. The molecule has 0 saturated heterocycles. The van der Waals surface area contributed by atoms with Crippen molar-refractivity contribution in [1.82, 2.24) is 5.16 Å². The van der Waals surface area contributed by atoms with Gasteiger partial charge in [0.05, 0.1) is 12.3 Å². The zero-order valence-electron chi connectivity index (χ0n) is 5.37. The van der Waals surface area contributed by atoms with Gasteiger partial charge >= 0.3 is 0 Å². The van der Waals surface area contributed by atoms with Crippen LogP contribution < -0.4 is 0 Å². The topological polar surface area (TPSA) is 49.8 Å².